The van der Waals surface area contributed by atoms with E-state index in [1.54, 1.807) is 0 Å². The zero-order chi connectivity index (χ0) is 25.4. The first-order valence-electron chi connectivity index (χ1n) is 10.2. The number of anilines is 1. The van der Waals surface area contributed by atoms with Gasteiger partial charge in [-0.15, -0.1) is 0 Å². The highest BCUT2D eigenvalue weighted by Gasteiger charge is 2.36. The Labute approximate surface area is 197 Å². The van der Waals surface area contributed by atoms with Crippen molar-refractivity contribution in [1.82, 2.24) is 4.90 Å². The lowest BCUT2D eigenvalue weighted by atomic mass is 10.1. The minimum atomic E-state index is -4.64. The lowest BCUT2D eigenvalue weighted by Crippen LogP contribution is -2.33. The van der Waals surface area contributed by atoms with Gasteiger partial charge >= 0.3 is 12.1 Å². The van der Waals surface area contributed by atoms with Crippen molar-refractivity contribution in [3.05, 3.63) is 63.7 Å². The van der Waals surface area contributed by atoms with E-state index in [9.17, 15) is 32.3 Å². The number of rotatable bonds is 6. The Kier molecular flexibility index (Phi) is 7.02. The molecule has 0 fully saturated rings. The Morgan fingerprint density at radius 1 is 1.03 bits per heavy atom. The minimum Gasteiger partial charge on any atom is -0.449 e. The Hall–Kier alpha value is -3.40. The average Bonchev–Trinajstić information content (AvgIpc) is 2.98. The molecule has 180 valence electrons. The highest BCUT2D eigenvalue weighted by molar-refractivity contribution is 6.33. The van der Waals surface area contributed by atoms with Crippen LogP contribution in [0.25, 0.3) is 0 Å². The molecule has 0 saturated carbocycles. The fourth-order valence-corrected chi connectivity index (χ4v) is 3.43. The summed E-state index contributed by atoms with van der Waals surface area (Å²) in [5, 5.41) is 2.07. The van der Waals surface area contributed by atoms with E-state index in [0.29, 0.717) is 6.07 Å². The predicted octanol–water partition coefficient (Wildman–Crippen LogP) is 4.79. The van der Waals surface area contributed by atoms with Crippen molar-refractivity contribution in [2.75, 3.05) is 11.9 Å². The van der Waals surface area contributed by atoms with Gasteiger partial charge in [-0.2, -0.15) is 13.2 Å². The number of nitrogens with one attached hydrogen (secondary N) is 1. The Bertz CT molecular complexity index is 1180. The van der Waals surface area contributed by atoms with Gasteiger partial charge in [-0.05, 0) is 49.2 Å². The molecule has 0 spiro atoms. The molecule has 0 saturated heterocycles. The number of fused-ring (bicyclic) bond motifs is 1. The van der Waals surface area contributed by atoms with Crippen LogP contribution in [0.2, 0.25) is 5.02 Å². The molecule has 1 aliphatic rings. The molecule has 0 aromatic heterocycles. The van der Waals surface area contributed by atoms with Crippen LogP contribution < -0.4 is 5.32 Å². The fourth-order valence-electron chi connectivity index (χ4n) is 3.26. The maximum Gasteiger partial charge on any atom is 0.416 e. The van der Waals surface area contributed by atoms with Crippen LogP contribution in [-0.2, 0) is 15.7 Å². The number of amides is 3. The van der Waals surface area contributed by atoms with Gasteiger partial charge in [0.25, 0.3) is 17.7 Å². The summed E-state index contributed by atoms with van der Waals surface area (Å²) in [6, 6.07) is 6.26. The fraction of sp³-hybridized carbons (Fsp3) is 0.304. The van der Waals surface area contributed by atoms with Gasteiger partial charge < -0.3 is 10.1 Å². The molecule has 1 N–H and O–H groups in total. The van der Waals surface area contributed by atoms with Crippen molar-refractivity contribution in [3.8, 4) is 0 Å². The van der Waals surface area contributed by atoms with Gasteiger partial charge in [0, 0.05) is 6.54 Å². The van der Waals surface area contributed by atoms with E-state index in [0.717, 1.165) is 17.0 Å². The molecule has 1 unspecified atom stereocenters. The molecular formula is C23H20ClF3N2O5. The van der Waals surface area contributed by atoms with Crippen LogP contribution in [0.1, 0.15) is 57.4 Å². The van der Waals surface area contributed by atoms with E-state index in [4.69, 9.17) is 16.3 Å². The second-order valence-electron chi connectivity index (χ2n) is 8.10. The number of carbonyl (C=O) groups is 4. The zero-order valence-corrected chi connectivity index (χ0v) is 19.1. The van der Waals surface area contributed by atoms with Gasteiger partial charge in [-0.3, -0.25) is 19.3 Å². The number of alkyl halides is 3. The van der Waals surface area contributed by atoms with Crippen LogP contribution in [0.3, 0.4) is 0 Å². The van der Waals surface area contributed by atoms with Crippen LogP contribution in [0.15, 0.2) is 36.4 Å². The number of ether oxygens (including phenoxy) is 1. The summed E-state index contributed by atoms with van der Waals surface area (Å²) in [7, 11) is 0. The standard InChI is InChI=1S/C23H20ClF3N2O5/c1-11(2)10-29-20(31)15-6-4-13(8-16(15)21(29)32)22(33)34-12(3)19(30)28-18-9-14(23(25,26)27)5-7-17(18)24/h4-9,11-12H,10H2,1-3H3,(H,28,30). The quantitative estimate of drug-likeness (QED) is 0.458. The molecule has 3 rings (SSSR count). The molecule has 2 aromatic rings. The number of hydrogen-bond donors (Lipinski definition) is 1. The summed E-state index contributed by atoms with van der Waals surface area (Å²) >= 11 is 5.87. The molecule has 0 bridgehead atoms. The zero-order valence-electron chi connectivity index (χ0n) is 18.3. The Morgan fingerprint density at radius 2 is 1.68 bits per heavy atom. The van der Waals surface area contributed by atoms with Crippen LogP contribution in [0.4, 0.5) is 18.9 Å². The Morgan fingerprint density at radius 3 is 2.29 bits per heavy atom. The van der Waals surface area contributed by atoms with Gasteiger partial charge in [-0.1, -0.05) is 25.4 Å². The lowest BCUT2D eigenvalue weighted by molar-refractivity contribution is -0.137. The molecule has 1 aliphatic heterocycles. The van der Waals surface area contributed by atoms with Crippen molar-refractivity contribution in [3.63, 3.8) is 0 Å². The second-order valence-corrected chi connectivity index (χ2v) is 8.51. The summed E-state index contributed by atoms with van der Waals surface area (Å²) in [6.45, 7) is 5.15. The number of nitrogens with zero attached hydrogens (tertiary/aromatic N) is 1. The van der Waals surface area contributed by atoms with Gasteiger partial charge in [0.05, 0.1) is 33.0 Å². The molecule has 0 radical (unpaired) electrons. The van der Waals surface area contributed by atoms with Gasteiger partial charge in [0.2, 0.25) is 0 Å². The third-order valence-electron chi connectivity index (χ3n) is 4.96. The maximum absolute atomic E-state index is 12.9. The summed E-state index contributed by atoms with van der Waals surface area (Å²) in [6.07, 6.45) is -6.04. The molecule has 11 heteroatoms. The van der Waals surface area contributed by atoms with E-state index >= 15 is 0 Å². The average molecular weight is 497 g/mol. The first-order valence-corrected chi connectivity index (χ1v) is 10.6. The van der Waals surface area contributed by atoms with E-state index in [-0.39, 0.29) is 39.9 Å². The van der Waals surface area contributed by atoms with E-state index in [2.05, 4.69) is 5.32 Å². The molecule has 3 amide bonds. The number of benzene rings is 2. The molecule has 2 aromatic carbocycles. The summed E-state index contributed by atoms with van der Waals surface area (Å²) < 4.78 is 43.8. The van der Waals surface area contributed by atoms with E-state index in [1.807, 2.05) is 13.8 Å². The molecule has 34 heavy (non-hydrogen) atoms. The lowest BCUT2D eigenvalue weighted by Gasteiger charge is -2.16. The first kappa shape index (κ1) is 25.2. The second kappa shape index (κ2) is 9.46. The predicted molar refractivity (Wildman–Crippen MR) is 117 cm³/mol. The van der Waals surface area contributed by atoms with Crippen LogP contribution in [-0.4, -0.2) is 41.2 Å². The number of carbonyl (C=O) groups excluding carboxylic acids is 4. The molecular weight excluding hydrogens is 477 g/mol. The monoisotopic (exact) mass is 496 g/mol. The number of esters is 1. The molecule has 0 aliphatic carbocycles. The molecule has 7 nitrogen and oxygen atoms in total. The summed E-state index contributed by atoms with van der Waals surface area (Å²) in [4.78, 5) is 51.0. The SMILES string of the molecule is CC(C)CN1C(=O)c2ccc(C(=O)OC(C)C(=O)Nc3cc(C(F)(F)F)ccc3Cl)cc2C1=O. The normalized spacial score (nSPS) is 14.3. The topological polar surface area (TPSA) is 92.8 Å². The number of hydrogen-bond acceptors (Lipinski definition) is 5. The van der Waals surface area contributed by atoms with Gasteiger partial charge in [-0.25, -0.2) is 4.79 Å². The third-order valence-corrected chi connectivity index (χ3v) is 5.29. The van der Waals surface area contributed by atoms with E-state index < -0.39 is 41.5 Å². The van der Waals surface area contributed by atoms with E-state index in [1.165, 1.54) is 25.1 Å². The van der Waals surface area contributed by atoms with Crippen LogP contribution >= 0.6 is 11.6 Å². The van der Waals surface area contributed by atoms with Crippen LogP contribution in [0.5, 0.6) is 0 Å². The van der Waals surface area contributed by atoms with Crippen molar-refractivity contribution in [2.24, 2.45) is 5.92 Å². The largest absolute Gasteiger partial charge is 0.449 e. The van der Waals surface area contributed by atoms with Crippen molar-refractivity contribution in [2.45, 2.75) is 33.1 Å². The Balaban J connectivity index is 1.71. The molecule has 1 heterocycles. The minimum absolute atomic E-state index is 0.0490. The number of imide groups is 1. The highest BCUT2D eigenvalue weighted by atomic mass is 35.5. The third kappa shape index (κ3) is 5.22. The van der Waals surface area contributed by atoms with Crippen molar-refractivity contribution in [1.29, 1.82) is 0 Å². The molecule has 1 atom stereocenters. The number of halogens is 4. The van der Waals surface area contributed by atoms with Crippen LogP contribution in [0, 0.1) is 5.92 Å². The van der Waals surface area contributed by atoms with Crippen molar-refractivity contribution < 1.29 is 37.1 Å². The first-order chi connectivity index (χ1) is 15.8. The summed E-state index contributed by atoms with van der Waals surface area (Å²) in [5.74, 6) is -2.81. The highest BCUT2D eigenvalue weighted by Crippen LogP contribution is 2.34. The van der Waals surface area contributed by atoms with Gasteiger partial charge in [0.1, 0.15) is 0 Å². The van der Waals surface area contributed by atoms with Crippen molar-refractivity contribution >= 4 is 41.0 Å². The summed E-state index contributed by atoms with van der Waals surface area (Å²) in [5.41, 5.74) is -1.17. The van der Waals surface area contributed by atoms with Gasteiger partial charge in [0.15, 0.2) is 6.10 Å². The maximum atomic E-state index is 12.9. The smallest absolute Gasteiger partial charge is 0.416 e.